The van der Waals surface area contributed by atoms with Crippen LogP contribution in [0.2, 0.25) is 5.02 Å². The van der Waals surface area contributed by atoms with Crippen LogP contribution in [0.15, 0.2) is 73.1 Å². The number of ether oxygens (including phenoxy) is 3. The van der Waals surface area contributed by atoms with Gasteiger partial charge in [0.15, 0.2) is 11.5 Å². The lowest BCUT2D eigenvalue weighted by atomic mass is 9.59. The van der Waals surface area contributed by atoms with Crippen molar-refractivity contribution in [3.8, 4) is 17.2 Å². The molecule has 2 unspecified atom stereocenters. The fourth-order valence-corrected chi connectivity index (χ4v) is 10.2. The van der Waals surface area contributed by atoms with Gasteiger partial charge in [-0.2, -0.15) is 0 Å². The number of pyridine rings is 2. The number of hydrogen-bond donors (Lipinski definition) is 2. The quantitative estimate of drug-likeness (QED) is 0.146. The number of nitrogens with one attached hydrogen (secondary N) is 1. The lowest BCUT2D eigenvalue weighted by Gasteiger charge is -2.47. The Balaban J connectivity index is 1.04. The molecule has 9 nitrogen and oxygen atoms in total. The van der Waals surface area contributed by atoms with Crippen molar-refractivity contribution in [2.24, 2.45) is 11.8 Å². The van der Waals surface area contributed by atoms with Gasteiger partial charge in [0.25, 0.3) is 0 Å². The number of carbonyl (C=O) groups is 1. The molecule has 290 valence electrons. The maximum Gasteiger partial charge on any atom is 0.329 e. The second kappa shape index (κ2) is 15.7. The van der Waals surface area contributed by atoms with E-state index in [0.29, 0.717) is 49.5 Å². The van der Waals surface area contributed by atoms with Gasteiger partial charge >= 0.3 is 5.97 Å². The highest BCUT2D eigenvalue weighted by Gasteiger charge is 2.54. The fraction of sp³-hybridized carbons (Fsp3) is 0.489. The monoisotopic (exact) mass is 764 g/mol. The van der Waals surface area contributed by atoms with E-state index in [0.717, 1.165) is 73.7 Å². The van der Waals surface area contributed by atoms with E-state index in [4.69, 9.17) is 25.8 Å². The van der Waals surface area contributed by atoms with Crippen LogP contribution >= 0.6 is 11.6 Å². The molecule has 0 amide bonds. The Morgan fingerprint density at radius 3 is 2.71 bits per heavy atom. The lowest BCUT2D eigenvalue weighted by molar-refractivity contribution is -0.144. The molecule has 0 saturated heterocycles. The molecule has 4 atom stereocenters. The number of aromatic nitrogens is 2. The van der Waals surface area contributed by atoms with Crippen molar-refractivity contribution in [1.82, 2.24) is 14.9 Å². The Hall–Kier alpha value is -4.34. The first-order valence-electron chi connectivity index (χ1n) is 20.0. The minimum Gasteiger partial charge on any atom is -0.493 e. The fourth-order valence-electron chi connectivity index (χ4n) is 9.99. The van der Waals surface area contributed by atoms with Crippen LogP contribution < -0.4 is 19.5 Å². The molecule has 0 radical (unpaired) electrons. The summed E-state index contributed by atoms with van der Waals surface area (Å²) >= 11 is 6.32. The highest BCUT2D eigenvalue weighted by Crippen LogP contribution is 2.58. The molecule has 1 saturated carbocycles. The van der Waals surface area contributed by atoms with Gasteiger partial charge in [-0.25, -0.2) is 4.79 Å². The van der Waals surface area contributed by atoms with E-state index in [9.17, 15) is 9.90 Å². The Kier molecular flexibility index (Phi) is 10.7. The number of rotatable bonds is 12. The van der Waals surface area contributed by atoms with Gasteiger partial charge in [0.05, 0.1) is 12.3 Å². The molecule has 2 N–H and O–H groups in total. The van der Waals surface area contributed by atoms with E-state index >= 15 is 0 Å². The number of fused-ring (bicyclic) bond motifs is 4. The van der Waals surface area contributed by atoms with Gasteiger partial charge in [0.2, 0.25) is 0 Å². The van der Waals surface area contributed by atoms with Crippen LogP contribution in [0.4, 0.5) is 5.69 Å². The first-order chi connectivity index (χ1) is 26.6. The van der Waals surface area contributed by atoms with Crippen molar-refractivity contribution >= 4 is 23.3 Å². The molecule has 10 heteroatoms. The average Bonchev–Trinajstić information content (AvgIpc) is 3.44. The molecule has 1 aliphatic heterocycles. The zero-order valence-electron chi connectivity index (χ0n) is 32.2. The molecule has 3 heterocycles. The van der Waals surface area contributed by atoms with E-state index < -0.39 is 11.5 Å². The molecule has 0 bridgehead atoms. The van der Waals surface area contributed by atoms with Crippen LogP contribution in [0.5, 0.6) is 17.2 Å². The number of aryl methyl sites for hydroxylation is 1. The van der Waals surface area contributed by atoms with E-state index in [1.54, 1.807) is 12.1 Å². The highest BCUT2D eigenvalue weighted by molar-refractivity contribution is 6.30. The molecule has 2 aromatic carbocycles. The first kappa shape index (κ1) is 37.6. The number of halogens is 1. The number of likely N-dealkylation sites (N-methyl/N-ethyl adjacent to an activating group) is 1. The summed E-state index contributed by atoms with van der Waals surface area (Å²) in [5.74, 6) is 2.78. The van der Waals surface area contributed by atoms with Crippen molar-refractivity contribution in [3.05, 3.63) is 106 Å². The van der Waals surface area contributed by atoms with E-state index in [-0.39, 0.29) is 17.4 Å². The van der Waals surface area contributed by atoms with Gasteiger partial charge in [0.1, 0.15) is 24.0 Å². The number of anilines is 1. The molecule has 1 spiro atoms. The standard InChI is InChI=1S/C45H53ClN4O5/c1-29(27-53-39-13-19-48-38-12-6-8-30(2)42(38)39)20-32-21-31-22-40-41(55-36(28-54-40)26-50(3)25-35-10-4-5-18-47-35)24-37(31)44(32)14-16-45(17-15-44,43(51)52)49-34-11-7-9-33(46)23-34/h4-5,7,9-11,13,18-19,22-24,29-30,32,36,49H,6,8,12,14-17,20-21,25-28H2,1-3H3,(H,51,52)/t29-,30-,32?,36?,44?,45?/m1/s1. The second-order valence-corrected chi connectivity index (χ2v) is 17.2. The largest absolute Gasteiger partial charge is 0.493 e. The van der Waals surface area contributed by atoms with Crippen molar-refractivity contribution in [2.75, 3.05) is 32.1 Å². The van der Waals surface area contributed by atoms with Crippen molar-refractivity contribution in [2.45, 2.75) is 101 Å². The average molecular weight is 765 g/mol. The van der Waals surface area contributed by atoms with Gasteiger partial charge < -0.3 is 24.6 Å². The first-order valence-corrected chi connectivity index (χ1v) is 20.4. The number of carboxylic acid groups (broad SMARTS) is 1. The maximum absolute atomic E-state index is 13.1. The van der Waals surface area contributed by atoms with Crippen LogP contribution in [0, 0.1) is 11.8 Å². The van der Waals surface area contributed by atoms with E-state index in [1.165, 1.54) is 28.8 Å². The zero-order valence-corrected chi connectivity index (χ0v) is 33.0. The van der Waals surface area contributed by atoms with Gasteiger partial charge in [0, 0.05) is 47.5 Å². The minimum atomic E-state index is -1.09. The van der Waals surface area contributed by atoms with Crippen LogP contribution in [0.1, 0.15) is 92.8 Å². The van der Waals surface area contributed by atoms with Crippen LogP contribution in [0.25, 0.3) is 0 Å². The molecule has 1 fully saturated rings. The summed E-state index contributed by atoms with van der Waals surface area (Å²) in [7, 11) is 2.08. The van der Waals surface area contributed by atoms with Gasteiger partial charge in [-0.05, 0) is 148 Å². The maximum atomic E-state index is 13.1. The van der Waals surface area contributed by atoms with Crippen molar-refractivity contribution in [3.63, 3.8) is 0 Å². The summed E-state index contributed by atoms with van der Waals surface area (Å²) in [6.07, 6.45) is 11.3. The summed E-state index contributed by atoms with van der Waals surface area (Å²) in [6.45, 7) is 7.11. The second-order valence-electron chi connectivity index (χ2n) is 16.7. The van der Waals surface area contributed by atoms with Crippen molar-refractivity contribution < 1.29 is 24.1 Å². The Morgan fingerprint density at radius 2 is 1.93 bits per heavy atom. The smallest absolute Gasteiger partial charge is 0.329 e. The Morgan fingerprint density at radius 1 is 1.07 bits per heavy atom. The summed E-state index contributed by atoms with van der Waals surface area (Å²) < 4.78 is 19.7. The molecular weight excluding hydrogens is 712 g/mol. The molecule has 4 aromatic rings. The third-order valence-corrected chi connectivity index (χ3v) is 13.0. The van der Waals surface area contributed by atoms with E-state index in [2.05, 4.69) is 53.2 Å². The number of hydrogen-bond acceptors (Lipinski definition) is 8. The highest BCUT2D eigenvalue weighted by atomic mass is 35.5. The topological polar surface area (TPSA) is 106 Å². The summed E-state index contributed by atoms with van der Waals surface area (Å²) in [6, 6.07) is 19.8. The number of aliphatic carboxylic acids is 1. The predicted molar refractivity (Wildman–Crippen MR) is 215 cm³/mol. The normalized spacial score (nSPS) is 25.9. The minimum absolute atomic E-state index is 0.126. The van der Waals surface area contributed by atoms with Crippen molar-refractivity contribution in [1.29, 1.82) is 0 Å². The number of nitrogens with zero attached hydrogens (tertiary/aromatic N) is 3. The van der Waals surface area contributed by atoms with Crippen LogP contribution in [-0.2, 0) is 29.6 Å². The van der Waals surface area contributed by atoms with Gasteiger partial charge in [-0.1, -0.05) is 37.6 Å². The molecule has 3 aliphatic carbocycles. The molecule has 4 aliphatic rings. The Labute approximate surface area is 329 Å². The number of benzene rings is 2. The summed E-state index contributed by atoms with van der Waals surface area (Å²) in [5, 5.41) is 14.7. The zero-order chi connectivity index (χ0) is 38.2. The number of carboxylic acids is 1. The molecule has 2 aromatic heterocycles. The molecule has 8 rings (SSSR count). The van der Waals surface area contributed by atoms with Crippen LogP contribution in [-0.4, -0.2) is 64.4 Å². The third-order valence-electron chi connectivity index (χ3n) is 12.7. The Bertz CT molecular complexity index is 2000. The molecule has 55 heavy (non-hydrogen) atoms. The lowest BCUT2D eigenvalue weighted by Crippen LogP contribution is -2.53. The third kappa shape index (κ3) is 7.75. The predicted octanol–water partition coefficient (Wildman–Crippen LogP) is 8.87. The summed E-state index contributed by atoms with van der Waals surface area (Å²) in [5.41, 5.74) is 5.48. The summed E-state index contributed by atoms with van der Waals surface area (Å²) in [4.78, 5) is 24.5. The SMILES string of the molecule is C[C@@H](COc1ccnc2c1[C@H](C)CCC2)CC1Cc2cc3c(cc2C12CCC(Nc1cccc(Cl)c1)(C(=O)O)CC2)OC(CN(C)Cc1ccccn1)CO3. The molecular formula is C45H53ClN4O5. The van der Waals surface area contributed by atoms with Gasteiger partial charge in [-0.15, -0.1) is 0 Å². The van der Waals surface area contributed by atoms with Gasteiger partial charge in [-0.3, -0.25) is 14.9 Å². The van der Waals surface area contributed by atoms with E-state index in [1.807, 2.05) is 48.8 Å². The van der Waals surface area contributed by atoms with Crippen LogP contribution in [0.3, 0.4) is 0 Å².